The standard InChI is InChI=1S/C16H15F2N3/c17-13-3-4-15(18)12(8-13)10-21-9-11(5-6-19)14-2-1-7-20-16(14)21/h1-4,7-9H,5-6,10,19H2. The predicted octanol–water partition coefficient (Wildman–Crippen LogP) is 2.86. The number of aromatic nitrogens is 2. The van der Waals surface area contributed by atoms with Crippen molar-refractivity contribution in [1.29, 1.82) is 0 Å². The highest BCUT2D eigenvalue weighted by Gasteiger charge is 2.11. The number of benzene rings is 1. The van der Waals surface area contributed by atoms with E-state index in [1.165, 1.54) is 6.07 Å². The minimum atomic E-state index is -0.446. The van der Waals surface area contributed by atoms with E-state index in [-0.39, 0.29) is 6.54 Å². The number of fused-ring (bicyclic) bond motifs is 1. The Balaban J connectivity index is 2.06. The molecule has 0 radical (unpaired) electrons. The summed E-state index contributed by atoms with van der Waals surface area (Å²) in [4.78, 5) is 4.34. The fourth-order valence-corrected chi connectivity index (χ4v) is 2.52. The van der Waals surface area contributed by atoms with E-state index in [0.29, 0.717) is 12.1 Å². The van der Waals surface area contributed by atoms with Gasteiger partial charge in [-0.25, -0.2) is 13.8 Å². The molecule has 0 aliphatic carbocycles. The molecular formula is C16H15F2N3. The van der Waals surface area contributed by atoms with E-state index in [0.717, 1.165) is 35.2 Å². The Morgan fingerprint density at radius 3 is 2.81 bits per heavy atom. The van der Waals surface area contributed by atoms with Crippen LogP contribution in [0.15, 0.2) is 42.7 Å². The molecule has 0 aliphatic rings. The Labute approximate surface area is 121 Å². The second-order valence-electron chi connectivity index (χ2n) is 4.93. The molecule has 0 aliphatic heterocycles. The Bertz CT molecular complexity index is 780. The van der Waals surface area contributed by atoms with Crippen molar-refractivity contribution in [2.45, 2.75) is 13.0 Å². The van der Waals surface area contributed by atoms with Gasteiger partial charge in [-0.3, -0.25) is 0 Å². The van der Waals surface area contributed by atoms with Crippen LogP contribution in [0.1, 0.15) is 11.1 Å². The van der Waals surface area contributed by atoms with Gasteiger partial charge in [0, 0.05) is 23.3 Å². The number of hydrogen-bond acceptors (Lipinski definition) is 2. The summed E-state index contributed by atoms with van der Waals surface area (Å²) in [5, 5.41) is 1.000. The minimum Gasteiger partial charge on any atom is -0.330 e. The normalized spacial score (nSPS) is 11.2. The highest BCUT2D eigenvalue weighted by Crippen LogP contribution is 2.21. The van der Waals surface area contributed by atoms with Crippen LogP contribution in [-0.4, -0.2) is 16.1 Å². The lowest BCUT2D eigenvalue weighted by molar-refractivity contribution is 0.578. The third-order valence-electron chi connectivity index (χ3n) is 3.48. The maximum absolute atomic E-state index is 13.8. The summed E-state index contributed by atoms with van der Waals surface area (Å²) in [5.74, 6) is -0.868. The van der Waals surface area contributed by atoms with Gasteiger partial charge in [0.15, 0.2) is 0 Å². The lowest BCUT2D eigenvalue weighted by Gasteiger charge is -2.06. The number of pyridine rings is 1. The number of hydrogen-bond donors (Lipinski definition) is 1. The van der Waals surface area contributed by atoms with Crippen molar-refractivity contribution in [3.8, 4) is 0 Å². The molecule has 0 unspecified atom stereocenters. The molecule has 0 bridgehead atoms. The zero-order valence-corrected chi connectivity index (χ0v) is 11.4. The molecule has 2 N–H and O–H groups in total. The van der Waals surface area contributed by atoms with E-state index in [2.05, 4.69) is 4.98 Å². The van der Waals surface area contributed by atoms with Crippen LogP contribution >= 0.6 is 0 Å². The van der Waals surface area contributed by atoms with Crippen molar-refractivity contribution in [3.63, 3.8) is 0 Å². The molecule has 1 aromatic carbocycles. The number of nitrogens with zero attached hydrogens (tertiary/aromatic N) is 2. The zero-order chi connectivity index (χ0) is 14.8. The van der Waals surface area contributed by atoms with Gasteiger partial charge in [0.05, 0.1) is 6.54 Å². The second-order valence-corrected chi connectivity index (χ2v) is 4.93. The van der Waals surface area contributed by atoms with Crippen LogP contribution in [0.4, 0.5) is 8.78 Å². The highest BCUT2D eigenvalue weighted by molar-refractivity contribution is 5.80. The number of rotatable bonds is 4. The first-order valence-electron chi connectivity index (χ1n) is 6.76. The Morgan fingerprint density at radius 2 is 2.00 bits per heavy atom. The topological polar surface area (TPSA) is 43.8 Å². The molecule has 108 valence electrons. The molecule has 0 amide bonds. The van der Waals surface area contributed by atoms with Gasteiger partial charge in [-0.1, -0.05) is 0 Å². The van der Waals surface area contributed by atoms with Gasteiger partial charge in [0.1, 0.15) is 17.3 Å². The fraction of sp³-hybridized carbons (Fsp3) is 0.188. The maximum atomic E-state index is 13.8. The minimum absolute atomic E-state index is 0.238. The average Bonchev–Trinajstić information content (AvgIpc) is 2.82. The van der Waals surface area contributed by atoms with Gasteiger partial charge in [0.25, 0.3) is 0 Å². The molecule has 21 heavy (non-hydrogen) atoms. The Kier molecular flexibility index (Phi) is 3.66. The van der Waals surface area contributed by atoms with Crippen LogP contribution in [-0.2, 0) is 13.0 Å². The second kappa shape index (κ2) is 5.61. The molecule has 3 aromatic rings. The van der Waals surface area contributed by atoms with E-state index in [4.69, 9.17) is 5.73 Å². The highest BCUT2D eigenvalue weighted by atomic mass is 19.1. The van der Waals surface area contributed by atoms with E-state index in [1.807, 2.05) is 22.9 Å². The monoisotopic (exact) mass is 287 g/mol. The molecule has 3 rings (SSSR count). The Morgan fingerprint density at radius 1 is 1.14 bits per heavy atom. The van der Waals surface area contributed by atoms with Crippen molar-refractivity contribution < 1.29 is 8.78 Å². The summed E-state index contributed by atoms with van der Waals surface area (Å²) in [5.41, 5.74) is 7.74. The molecule has 0 spiro atoms. The van der Waals surface area contributed by atoms with Gasteiger partial charge in [-0.2, -0.15) is 0 Å². The molecule has 0 saturated heterocycles. The molecule has 2 heterocycles. The number of nitrogens with two attached hydrogens (primary N) is 1. The summed E-state index contributed by atoms with van der Waals surface area (Å²) in [6.07, 6.45) is 4.32. The maximum Gasteiger partial charge on any atom is 0.140 e. The molecule has 0 saturated carbocycles. The van der Waals surface area contributed by atoms with Crippen molar-refractivity contribution in [2.75, 3.05) is 6.54 Å². The van der Waals surface area contributed by atoms with Crippen LogP contribution < -0.4 is 5.73 Å². The largest absolute Gasteiger partial charge is 0.330 e. The first-order valence-corrected chi connectivity index (χ1v) is 6.76. The van der Waals surface area contributed by atoms with Crippen LogP contribution in [0.5, 0.6) is 0 Å². The third-order valence-corrected chi connectivity index (χ3v) is 3.48. The van der Waals surface area contributed by atoms with E-state index in [1.54, 1.807) is 6.20 Å². The van der Waals surface area contributed by atoms with Gasteiger partial charge in [-0.15, -0.1) is 0 Å². The third kappa shape index (κ3) is 2.64. The van der Waals surface area contributed by atoms with Crippen molar-refractivity contribution >= 4 is 11.0 Å². The SMILES string of the molecule is NCCc1cn(Cc2cc(F)ccc2F)c2ncccc12. The van der Waals surface area contributed by atoms with Crippen molar-refractivity contribution in [3.05, 3.63) is 65.5 Å². The summed E-state index contributed by atoms with van der Waals surface area (Å²) in [7, 11) is 0. The molecule has 0 atom stereocenters. The summed E-state index contributed by atoms with van der Waals surface area (Å²) < 4.78 is 28.9. The van der Waals surface area contributed by atoms with E-state index < -0.39 is 11.6 Å². The quantitative estimate of drug-likeness (QED) is 0.802. The molecule has 5 heteroatoms. The lowest BCUT2D eigenvalue weighted by Crippen LogP contribution is -2.03. The van der Waals surface area contributed by atoms with E-state index in [9.17, 15) is 8.78 Å². The van der Waals surface area contributed by atoms with Gasteiger partial charge < -0.3 is 10.3 Å². The van der Waals surface area contributed by atoms with Crippen molar-refractivity contribution in [2.24, 2.45) is 5.73 Å². The van der Waals surface area contributed by atoms with Crippen LogP contribution in [0, 0.1) is 11.6 Å². The van der Waals surface area contributed by atoms with Crippen LogP contribution in [0.25, 0.3) is 11.0 Å². The summed E-state index contributed by atoms with van der Waals surface area (Å²) in [6.45, 7) is 0.768. The lowest BCUT2D eigenvalue weighted by atomic mass is 10.2. The van der Waals surface area contributed by atoms with E-state index >= 15 is 0 Å². The molecule has 2 aromatic heterocycles. The fourth-order valence-electron chi connectivity index (χ4n) is 2.52. The predicted molar refractivity (Wildman–Crippen MR) is 78.0 cm³/mol. The summed E-state index contributed by atoms with van der Waals surface area (Å²) in [6, 6.07) is 7.29. The first-order chi connectivity index (χ1) is 10.2. The molecule has 0 fully saturated rings. The molecule has 3 nitrogen and oxygen atoms in total. The van der Waals surface area contributed by atoms with Gasteiger partial charge >= 0.3 is 0 Å². The van der Waals surface area contributed by atoms with Crippen LogP contribution in [0.3, 0.4) is 0 Å². The number of halogens is 2. The first kappa shape index (κ1) is 13.7. The van der Waals surface area contributed by atoms with Crippen molar-refractivity contribution in [1.82, 2.24) is 9.55 Å². The smallest absolute Gasteiger partial charge is 0.140 e. The van der Waals surface area contributed by atoms with Gasteiger partial charge in [0.2, 0.25) is 0 Å². The average molecular weight is 287 g/mol. The molecular weight excluding hydrogens is 272 g/mol. The van der Waals surface area contributed by atoms with Gasteiger partial charge in [-0.05, 0) is 48.9 Å². The van der Waals surface area contributed by atoms with Crippen LogP contribution in [0.2, 0.25) is 0 Å². The zero-order valence-electron chi connectivity index (χ0n) is 11.4. The summed E-state index contributed by atoms with van der Waals surface area (Å²) >= 11 is 0. The Hall–Kier alpha value is -2.27.